The molecular weight excluding hydrogens is 281 g/mol. The van der Waals surface area contributed by atoms with Crippen LogP contribution in [0.5, 0.6) is 0 Å². The van der Waals surface area contributed by atoms with Crippen LogP contribution in [0.2, 0.25) is 0 Å². The number of benzene rings is 1. The van der Waals surface area contributed by atoms with Gasteiger partial charge in [0, 0.05) is 25.8 Å². The smallest absolute Gasteiger partial charge is 0.123 e. The number of imidazole rings is 1. The van der Waals surface area contributed by atoms with E-state index >= 15 is 0 Å². The minimum Gasteiger partial charge on any atom is -0.391 e. The van der Waals surface area contributed by atoms with Crippen molar-refractivity contribution in [2.24, 2.45) is 7.05 Å². The minimum atomic E-state index is -0.374. The van der Waals surface area contributed by atoms with Gasteiger partial charge in [-0.05, 0) is 43.5 Å². The Morgan fingerprint density at radius 1 is 1.41 bits per heavy atom. The highest BCUT2D eigenvalue weighted by Crippen LogP contribution is 2.23. The van der Waals surface area contributed by atoms with Gasteiger partial charge in [-0.3, -0.25) is 4.90 Å². The van der Waals surface area contributed by atoms with Crippen molar-refractivity contribution in [3.05, 3.63) is 53.9 Å². The molecule has 2 heterocycles. The largest absolute Gasteiger partial charge is 0.391 e. The molecule has 1 fully saturated rings. The molecule has 4 nitrogen and oxygen atoms in total. The number of hydrogen-bond donors (Lipinski definition) is 1. The Morgan fingerprint density at radius 3 is 3.00 bits per heavy atom. The van der Waals surface area contributed by atoms with Crippen LogP contribution >= 0.6 is 0 Å². The van der Waals surface area contributed by atoms with Crippen molar-refractivity contribution in [3.8, 4) is 0 Å². The van der Waals surface area contributed by atoms with Crippen molar-refractivity contribution in [1.82, 2.24) is 14.5 Å². The maximum Gasteiger partial charge on any atom is 0.123 e. The van der Waals surface area contributed by atoms with Gasteiger partial charge in [-0.25, -0.2) is 9.37 Å². The number of aromatic nitrogens is 2. The lowest BCUT2D eigenvalue weighted by Crippen LogP contribution is -2.48. The maximum atomic E-state index is 13.4. The molecule has 5 heteroatoms. The second-order valence-corrected chi connectivity index (χ2v) is 6.11. The Balaban J connectivity index is 1.75. The van der Waals surface area contributed by atoms with Gasteiger partial charge in [-0.1, -0.05) is 12.1 Å². The monoisotopic (exact) mass is 303 g/mol. The highest BCUT2D eigenvalue weighted by Gasteiger charge is 2.30. The minimum absolute atomic E-state index is 0.0116. The fourth-order valence-corrected chi connectivity index (χ4v) is 3.23. The number of aliphatic hydroxyl groups excluding tert-OH is 1. The first-order valence-electron chi connectivity index (χ1n) is 7.75. The third-order valence-electron chi connectivity index (χ3n) is 4.32. The summed E-state index contributed by atoms with van der Waals surface area (Å²) in [5.41, 5.74) is 1.93. The quantitative estimate of drug-likeness (QED) is 0.941. The van der Waals surface area contributed by atoms with Gasteiger partial charge in [0.2, 0.25) is 0 Å². The number of piperidine rings is 1. The van der Waals surface area contributed by atoms with Crippen molar-refractivity contribution >= 4 is 0 Å². The summed E-state index contributed by atoms with van der Waals surface area (Å²) >= 11 is 0. The topological polar surface area (TPSA) is 41.3 Å². The molecule has 22 heavy (non-hydrogen) atoms. The maximum absolute atomic E-state index is 13.4. The van der Waals surface area contributed by atoms with Crippen molar-refractivity contribution < 1.29 is 9.50 Å². The summed E-state index contributed by atoms with van der Waals surface area (Å²) in [6.45, 7) is 1.66. The summed E-state index contributed by atoms with van der Waals surface area (Å²) in [7, 11) is 1.95. The molecule has 0 spiro atoms. The van der Waals surface area contributed by atoms with E-state index in [1.807, 2.05) is 23.9 Å². The van der Waals surface area contributed by atoms with E-state index in [4.69, 9.17) is 0 Å². The zero-order valence-electron chi connectivity index (χ0n) is 12.8. The lowest BCUT2D eigenvalue weighted by Gasteiger charge is -2.39. The number of aliphatic hydroxyl groups is 1. The van der Waals surface area contributed by atoms with Crippen molar-refractivity contribution in [1.29, 1.82) is 0 Å². The van der Waals surface area contributed by atoms with Gasteiger partial charge < -0.3 is 9.67 Å². The predicted octanol–water partition coefficient (Wildman–Crippen LogP) is 2.13. The van der Waals surface area contributed by atoms with E-state index in [1.54, 1.807) is 18.5 Å². The first kappa shape index (κ1) is 15.2. The molecule has 1 N–H and O–H groups in total. The standard InChI is InChI=1S/C17H22FN3O/c1-20-10-15(19-12-20)11-21-7-3-6-17(22)16(21)9-13-4-2-5-14(18)8-13/h2,4-5,8,10,12,16-17,22H,3,6-7,9,11H2,1H3/t16-,17-/m0/s1. The van der Waals surface area contributed by atoms with Gasteiger partial charge in [-0.15, -0.1) is 0 Å². The summed E-state index contributed by atoms with van der Waals surface area (Å²) in [5, 5.41) is 10.4. The van der Waals surface area contributed by atoms with Gasteiger partial charge >= 0.3 is 0 Å². The Hall–Kier alpha value is -1.72. The van der Waals surface area contributed by atoms with Gasteiger partial charge in [-0.2, -0.15) is 0 Å². The first-order chi connectivity index (χ1) is 10.6. The van der Waals surface area contributed by atoms with Crippen molar-refractivity contribution in [3.63, 3.8) is 0 Å². The van der Waals surface area contributed by atoms with Gasteiger partial charge in [0.1, 0.15) is 5.82 Å². The molecule has 0 unspecified atom stereocenters. The fraction of sp³-hybridized carbons (Fsp3) is 0.471. The summed E-state index contributed by atoms with van der Waals surface area (Å²) in [6, 6.07) is 6.66. The summed E-state index contributed by atoms with van der Waals surface area (Å²) in [6.07, 6.45) is 5.86. The van der Waals surface area contributed by atoms with E-state index < -0.39 is 0 Å². The molecule has 3 rings (SSSR count). The van der Waals surface area contributed by atoms with Crippen LogP contribution in [-0.2, 0) is 20.0 Å². The molecule has 1 aromatic heterocycles. The molecule has 1 aromatic carbocycles. The molecule has 118 valence electrons. The average molecular weight is 303 g/mol. The Morgan fingerprint density at radius 2 is 2.27 bits per heavy atom. The van der Waals surface area contributed by atoms with Crippen LogP contribution < -0.4 is 0 Å². The molecule has 1 aliphatic rings. The van der Waals surface area contributed by atoms with Gasteiger partial charge in [0.15, 0.2) is 0 Å². The zero-order chi connectivity index (χ0) is 15.5. The molecule has 2 atom stereocenters. The number of halogens is 1. The highest BCUT2D eigenvalue weighted by molar-refractivity contribution is 5.18. The highest BCUT2D eigenvalue weighted by atomic mass is 19.1. The first-order valence-corrected chi connectivity index (χ1v) is 7.75. The third-order valence-corrected chi connectivity index (χ3v) is 4.32. The Bertz CT molecular complexity index is 628. The SMILES string of the molecule is Cn1cnc(CN2CCC[C@H](O)[C@@H]2Cc2cccc(F)c2)c1. The van der Waals surface area contributed by atoms with Crippen LogP contribution in [0.15, 0.2) is 36.8 Å². The normalized spacial score (nSPS) is 22.9. The molecule has 1 saturated heterocycles. The Kier molecular flexibility index (Phi) is 4.55. The molecule has 0 bridgehead atoms. The fourth-order valence-electron chi connectivity index (χ4n) is 3.23. The average Bonchev–Trinajstić information content (AvgIpc) is 2.88. The van der Waals surface area contributed by atoms with Gasteiger partial charge in [0.25, 0.3) is 0 Å². The van der Waals surface area contributed by atoms with Crippen LogP contribution in [0, 0.1) is 5.82 Å². The van der Waals surface area contributed by atoms with E-state index in [9.17, 15) is 9.50 Å². The van der Waals surface area contributed by atoms with E-state index in [0.717, 1.165) is 37.2 Å². The van der Waals surface area contributed by atoms with Crippen LogP contribution in [-0.4, -0.2) is 38.2 Å². The van der Waals surface area contributed by atoms with E-state index in [-0.39, 0.29) is 18.0 Å². The van der Waals surface area contributed by atoms with Crippen molar-refractivity contribution in [2.75, 3.05) is 6.54 Å². The molecule has 0 saturated carbocycles. The Labute approximate surface area is 130 Å². The number of aryl methyl sites for hydroxylation is 1. The van der Waals surface area contributed by atoms with Gasteiger partial charge in [0.05, 0.1) is 18.1 Å². The van der Waals surface area contributed by atoms with E-state index in [0.29, 0.717) is 6.42 Å². The van der Waals surface area contributed by atoms with Crippen LogP contribution in [0.3, 0.4) is 0 Å². The number of hydrogen-bond acceptors (Lipinski definition) is 3. The second kappa shape index (κ2) is 6.58. The summed E-state index contributed by atoms with van der Waals surface area (Å²) < 4.78 is 15.3. The van der Waals surface area contributed by atoms with Crippen LogP contribution in [0.25, 0.3) is 0 Å². The lowest BCUT2D eigenvalue weighted by molar-refractivity contribution is 0.00616. The lowest BCUT2D eigenvalue weighted by atomic mass is 9.93. The van der Waals surface area contributed by atoms with E-state index in [2.05, 4.69) is 9.88 Å². The summed E-state index contributed by atoms with van der Waals surface area (Å²) in [4.78, 5) is 6.64. The molecule has 0 radical (unpaired) electrons. The zero-order valence-corrected chi connectivity index (χ0v) is 12.8. The number of nitrogens with zero attached hydrogens (tertiary/aromatic N) is 3. The molecular formula is C17H22FN3O. The molecule has 0 aliphatic carbocycles. The van der Waals surface area contributed by atoms with E-state index in [1.165, 1.54) is 6.07 Å². The van der Waals surface area contributed by atoms with Crippen molar-refractivity contribution in [2.45, 2.75) is 38.0 Å². The third kappa shape index (κ3) is 3.54. The molecule has 0 amide bonds. The summed E-state index contributed by atoms with van der Waals surface area (Å²) in [5.74, 6) is -0.223. The van der Waals surface area contributed by atoms with Crippen LogP contribution in [0.1, 0.15) is 24.1 Å². The number of likely N-dealkylation sites (tertiary alicyclic amines) is 1. The van der Waals surface area contributed by atoms with Crippen LogP contribution in [0.4, 0.5) is 4.39 Å². The molecule has 2 aromatic rings. The molecule has 1 aliphatic heterocycles. The predicted molar refractivity (Wildman–Crippen MR) is 82.8 cm³/mol. The number of rotatable bonds is 4. The second-order valence-electron chi connectivity index (χ2n) is 6.11.